The van der Waals surface area contributed by atoms with E-state index in [1.54, 1.807) is 0 Å². The van der Waals surface area contributed by atoms with Gasteiger partial charge in [-0.3, -0.25) is 0 Å². The van der Waals surface area contributed by atoms with Gasteiger partial charge in [-0.1, -0.05) is 20.3 Å². The predicted octanol–water partition coefficient (Wildman–Crippen LogP) is 2.34. The fourth-order valence-electron chi connectivity index (χ4n) is 2.83. The zero-order chi connectivity index (χ0) is 8.11. The molecule has 0 aromatic rings. The third kappa shape index (κ3) is 0.868. The van der Waals surface area contributed by atoms with Crippen LogP contribution in [0.3, 0.4) is 0 Å². The highest BCUT2D eigenvalue weighted by Crippen LogP contribution is 2.59. The summed E-state index contributed by atoms with van der Waals surface area (Å²) in [6.07, 6.45) is 6.35. The molecule has 0 aromatic carbocycles. The summed E-state index contributed by atoms with van der Waals surface area (Å²) in [5, 5.41) is 10.0. The Labute approximate surface area is 68.8 Å². The van der Waals surface area contributed by atoms with Gasteiger partial charge in [0.25, 0.3) is 0 Å². The number of aliphatic hydroxyl groups is 1. The maximum absolute atomic E-state index is 10.0. The fourth-order valence-corrected chi connectivity index (χ4v) is 2.83. The lowest BCUT2D eigenvalue weighted by atomic mass is 9.64. The van der Waals surface area contributed by atoms with Gasteiger partial charge >= 0.3 is 0 Å². The molecule has 11 heavy (non-hydrogen) atoms. The van der Waals surface area contributed by atoms with Crippen molar-refractivity contribution >= 4 is 0 Å². The Balaban J connectivity index is 2.17. The summed E-state index contributed by atoms with van der Waals surface area (Å²) < 4.78 is 0. The minimum atomic E-state index is -0.0243. The second-order valence-electron chi connectivity index (χ2n) is 5.11. The molecule has 1 nitrogen and oxygen atoms in total. The SMILES string of the molecule is CC1(C)CCC2(CCC2)C1O. The topological polar surface area (TPSA) is 20.2 Å². The van der Waals surface area contributed by atoms with E-state index in [4.69, 9.17) is 0 Å². The number of hydrogen-bond acceptors (Lipinski definition) is 1. The third-order valence-corrected chi connectivity index (χ3v) is 3.94. The average molecular weight is 154 g/mol. The summed E-state index contributed by atoms with van der Waals surface area (Å²) in [4.78, 5) is 0. The molecule has 0 heterocycles. The maximum atomic E-state index is 10.0. The van der Waals surface area contributed by atoms with Crippen LogP contribution in [0.2, 0.25) is 0 Å². The molecule has 2 aliphatic rings. The normalized spacial score (nSPS) is 39.0. The van der Waals surface area contributed by atoms with Gasteiger partial charge < -0.3 is 5.11 Å². The Morgan fingerprint density at radius 3 is 1.91 bits per heavy atom. The summed E-state index contributed by atoms with van der Waals surface area (Å²) in [5.74, 6) is 0. The summed E-state index contributed by atoms with van der Waals surface area (Å²) in [6.45, 7) is 4.40. The molecular weight excluding hydrogens is 136 g/mol. The molecule has 1 unspecified atom stereocenters. The van der Waals surface area contributed by atoms with E-state index in [2.05, 4.69) is 13.8 Å². The van der Waals surface area contributed by atoms with Gasteiger partial charge in [0.05, 0.1) is 6.10 Å². The van der Waals surface area contributed by atoms with Gasteiger partial charge in [-0.05, 0) is 36.5 Å². The zero-order valence-electron chi connectivity index (χ0n) is 7.56. The van der Waals surface area contributed by atoms with Gasteiger partial charge in [-0.15, -0.1) is 0 Å². The van der Waals surface area contributed by atoms with E-state index in [9.17, 15) is 5.11 Å². The second-order valence-corrected chi connectivity index (χ2v) is 5.11. The van der Waals surface area contributed by atoms with E-state index in [1.807, 2.05) is 0 Å². The third-order valence-electron chi connectivity index (χ3n) is 3.94. The largest absolute Gasteiger partial charge is 0.392 e. The molecule has 0 amide bonds. The Morgan fingerprint density at radius 2 is 1.73 bits per heavy atom. The standard InChI is InChI=1S/C10H18O/c1-9(2)6-7-10(8(9)11)4-3-5-10/h8,11H,3-7H2,1-2H3. The van der Waals surface area contributed by atoms with Crippen LogP contribution in [0.1, 0.15) is 46.0 Å². The van der Waals surface area contributed by atoms with Gasteiger partial charge in [0.15, 0.2) is 0 Å². The van der Waals surface area contributed by atoms with Crippen molar-refractivity contribution in [3.05, 3.63) is 0 Å². The molecule has 64 valence electrons. The van der Waals surface area contributed by atoms with Gasteiger partial charge in [0.1, 0.15) is 0 Å². The fraction of sp³-hybridized carbons (Fsp3) is 1.00. The highest BCUT2D eigenvalue weighted by Gasteiger charge is 2.54. The van der Waals surface area contributed by atoms with E-state index in [0.717, 1.165) is 0 Å². The van der Waals surface area contributed by atoms with Gasteiger partial charge in [0.2, 0.25) is 0 Å². The van der Waals surface area contributed by atoms with Crippen LogP contribution in [-0.2, 0) is 0 Å². The van der Waals surface area contributed by atoms with Crippen LogP contribution in [-0.4, -0.2) is 11.2 Å². The average Bonchev–Trinajstić information content (AvgIpc) is 2.05. The zero-order valence-corrected chi connectivity index (χ0v) is 7.56. The summed E-state index contributed by atoms with van der Waals surface area (Å²) in [6, 6.07) is 0. The first kappa shape index (κ1) is 7.60. The second kappa shape index (κ2) is 2.01. The Morgan fingerprint density at radius 1 is 1.09 bits per heavy atom. The Kier molecular flexibility index (Phi) is 1.39. The summed E-state index contributed by atoms with van der Waals surface area (Å²) >= 11 is 0. The molecule has 2 fully saturated rings. The molecule has 2 saturated carbocycles. The van der Waals surface area contributed by atoms with E-state index < -0.39 is 0 Å². The lowest BCUT2D eigenvalue weighted by Gasteiger charge is -2.43. The van der Waals surface area contributed by atoms with Crippen LogP contribution in [0.4, 0.5) is 0 Å². The molecule has 2 aliphatic carbocycles. The van der Waals surface area contributed by atoms with Crippen LogP contribution >= 0.6 is 0 Å². The Hall–Kier alpha value is -0.0400. The van der Waals surface area contributed by atoms with Crippen LogP contribution in [0, 0.1) is 10.8 Å². The molecule has 0 radical (unpaired) electrons. The molecule has 0 bridgehead atoms. The van der Waals surface area contributed by atoms with Crippen molar-refractivity contribution in [2.75, 3.05) is 0 Å². The maximum Gasteiger partial charge on any atom is 0.0647 e. The van der Waals surface area contributed by atoms with Gasteiger partial charge in [0, 0.05) is 0 Å². The van der Waals surface area contributed by atoms with Crippen molar-refractivity contribution in [3.63, 3.8) is 0 Å². The van der Waals surface area contributed by atoms with Gasteiger partial charge in [-0.2, -0.15) is 0 Å². The number of hydrogen-bond donors (Lipinski definition) is 1. The number of rotatable bonds is 0. The predicted molar refractivity (Wildman–Crippen MR) is 45.3 cm³/mol. The van der Waals surface area contributed by atoms with Crippen molar-refractivity contribution < 1.29 is 5.11 Å². The highest BCUT2D eigenvalue weighted by atomic mass is 16.3. The van der Waals surface area contributed by atoms with E-state index in [0.29, 0.717) is 5.41 Å². The molecule has 1 heteroatoms. The molecule has 1 spiro atoms. The monoisotopic (exact) mass is 154 g/mol. The Bertz CT molecular complexity index is 168. The van der Waals surface area contributed by atoms with E-state index >= 15 is 0 Å². The first-order chi connectivity index (χ1) is 5.07. The minimum Gasteiger partial charge on any atom is -0.392 e. The van der Waals surface area contributed by atoms with Gasteiger partial charge in [-0.25, -0.2) is 0 Å². The van der Waals surface area contributed by atoms with Crippen LogP contribution in [0.15, 0.2) is 0 Å². The first-order valence-electron chi connectivity index (χ1n) is 4.75. The molecule has 0 aromatic heterocycles. The molecule has 0 saturated heterocycles. The van der Waals surface area contributed by atoms with Crippen molar-refractivity contribution in [1.29, 1.82) is 0 Å². The smallest absolute Gasteiger partial charge is 0.0647 e. The molecule has 0 aliphatic heterocycles. The van der Waals surface area contributed by atoms with Crippen LogP contribution < -0.4 is 0 Å². The number of aliphatic hydroxyl groups excluding tert-OH is 1. The van der Waals surface area contributed by atoms with Crippen LogP contribution in [0.25, 0.3) is 0 Å². The van der Waals surface area contributed by atoms with Crippen molar-refractivity contribution in [1.82, 2.24) is 0 Å². The molecule has 1 N–H and O–H groups in total. The van der Waals surface area contributed by atoms with Crippen LogP contribution in [0.5, 0.6) is 0 Å². The lowest BCUT2D eigenvalue weighted by Crippen LogP contribution is -2.42. The lowest BCUT2D eigenvalue weighted by molar-refractivity contribution is -0.0521. The van der Waals surface area contributed by atoms with E-state index in [-0.39, 0.29) is 11.5 Å². The summed E-state index contributed by atoms with van der Waals surface area (Å²) in [7, 11) is 0. The van der Waals surface area contributed by atoms with Crippen molar-refractivity contribution in [2.24, 2.45) is 10.8 Å². The summed E-state index contributed by atoms with van der Waals surface area (Å²) in [5.41, 5.74) is 0.559. The molecular formula is C10H18O. The molecule has 2 rings (SSSR count). The van der Waals surface area contributed by atoms with Crippen molar-refractivity contribution in [2.45, 2.75) is 52.1 Å². The van der Waals surface area contributed by atoms with Crippen molar-refractivity contribution in [3.8, 4) is 0 Å². The minimum absolute atomic E-state index is 0.0243. The highest BCUT2D eigenvalue weighted by molar-refractivity contribution is 5.05. The molecule has 1 atom stereocenters. The van der Waals surface area contributed by atoms with E-state index in [1.165, 1.54) is 32.1 Å². The first-order valence-corrected chi connectivity index (χ1v) is 4.75. The quantitative estimate of drug-likeness (QED) is 0.568.